The Labute approximate surface area is 189 Å². The van der Waals surface area contributed by atoms with Crippen molar-refractivity contribution in [3.8, 4) is 0 Å². The highest BCUT2D eigenvalue weighted by molar-refractivity contribution is 7.80. The minimum atomic E-state index is -0.368. The van der Waals surface area contributed by atoms with Gasteiger partial charge >= 0.3 is 0 Å². The highest BCUT2D eigenvalue weighted by Crippen LogP contribution is 2.19. The van der Waals surface area contributed by atoms with Gasteiger partial charge in [-0.05, 0) is 68.0 Å². The Morgan fingerprint density at radius 2 is 1.68 bits per heavy atom. The van der Waals surface area contributed by atoms with Crippen molar-refractivity contribution in [2.45, 2.75) is 46.1 Å². The third-order valence-electron chi connectivity index (χ3n) is 5.15. The first-order chi connectivity index (χ1) is 15.1. The predicted octanol–water partition coefficient (Wildman–Crippen LogP) is 5.96. The SMILES string of the molecule is CCCCN(CCCC)Cc1ccc(NC(=S)NC(=O)c2cc3ccccc3o2)cc1. The fourth-order valence-electron chi connectivity index (χ4n) is 3.41. The van der Waals surface area contributed by atoms with E-state index >= 15 is 0 Å². The van der Waals surface area contributed by atoms with Crippen LogP contribution in [0.25, 0.3) is 11.0 Å². The molecule has 0 saturated heterocycles. The molecule has 0 unspecified atom stereocenters. The summed E-state index contributed by atoms with van der Waals surface area (Å²) < 4.78 is 5.59. The molecule has 0 radical (unpaired) electrons. The summed E-state index contributed by atoms with van der Waals surface area (Å²) in [5.74, 6) is -0.132. The average Bonchev–Trinajstić information content (AvgIpc) is 3.21. The number of furan rings is 1. The van der Waals surface area contributed by atoms with Crippen LogP contribution in [0.2, 0.25) is 0 Å². The van der Waals surface area contributed by atoms with Gasteiger partial charge in [-0.2, -0.15) is 0 Å². The number of amides is 1. The molecule has 1 amide bonds. The number of carbonyl (C=O) groups excluding carboxylic acids is 1. The summed E-state index contributed by atoms with van der Waals surface area (Å²) in [7, 11) is 0. The first-order valence-electron chi connectivity index (χ1n) is 11.0. The Bertz CT molecular complexity index is 956. The lowest BCUT2D eigenvalue weighted by Crippen LogP contribution is -2.33. The quantitative estimate of drug-likeness (QED) is 0.383. The third-order valence-corrected chi connectivity index (χ3v) is 5.35. The number of benzene rings is 2. The zero-order chi connectivity index (χ0) is 22.1. The van der Waals surface area contributed by atoms with E-state index in [1.165, 1.54) is 31.2 Å². The van der Waals surface area contributed by atoms with Gasteiger partial charge in [-0.3, -0.25) is 15.0 Å². The molecule has 0 atom stereocenters. The van der Waals surface area contributed by atoms with Crippen LogP contribution in [-0.2, 0) is 6.54 Å². The van der Waals surface area contributed by atoms with Gasteiger partial charge in [0.05, 0.1) is 0 Å². The molecule has 3 aromatic rings. The van der Waals surface area contributed by atoms with E-state index in [9.17, 15) is 4.79 Å². The molecule has 1 heterocycles. The van der Waals surface area contributed by atoms with Gasteiger partial charge in [-0.25, -0.2) is 0 Å². The molecule has 0 spiro atoms. The number of carbonyl (C=O) groups is 1. The van der Waals surface area contributed by atoms with Crippen molar-refractivity contribution in [1.82, 2.24) is 10.2 Å². The average molecular weight is 438 g/mol. The van der Waals surface area contributed by atoms with E-state index in [1.54, 1.807) is 6.07 Å². The van der Waals surface area contributed by atoms with Crippen LogP contribution in [0.3, 0.4) is 0 Å². The maximum Gasteiger partial charge on any atom is 0.293 e. The monoisotopic (exact) mass is 437 g/mol. The van der Waals surface area contributed by atoms with Gasteiger partial charge in [0.1, 0.15) is 5.58 Å². The number of nitrogens with zero attached hydrogens (tertiary/aromatic N) is 1. The number of unbranched alkanes of at least 4 members (excludes halogenated alkanes) is 2. The molecule has 1 aromatic heterocycles. The Balaban J connectivity index is 1.53. The van der Waals surface area contributed by atoms with Crippen LogP contribution in [0, 0.1) is 0 Å². The number of para-hydroxylation sites is 1. The molecule has 0 bridgehead atoms. The predicted molar refractivity (Wildman–Crippen MR) is 131 cm³/mol. The van der Waals surface area contributed by atoms with Gasteiger partial charge in [-0.15, -0.1) is 0 Å². The number of nitrogens with one attached hydrogen (secondary N) is 2. The Morgan fingerprint density at radius 1 is 1.00 bits per heavy atom. The van der Waals surface area contributed by atoms with Gasteiger partial charge in [0.2, 0.25) is 0 Å². The van der Waals surface area contributed by atoms with Crippen molar-refractivity contribution in [3.63, 3.8) is 0 Å². The molecule has 31 heavy (non-hydrogen) atoms. The highest BCUT2D eigenvalue weighted by atomic mass is 32.1. The summed E-state index contributed by atoms with van der Waals surface area (Å²) in [6.07, 6.45) is 4.87. The van der Waals surface area contributed by atoms with Crippen LogP contribution in [-0.4, -0.2) is 29.0 Å². The van der Waals surface area contributed by atoms with Gasteiger partial charge in [0.25, 0.3) is 5.91 Å². The van der Waals surface area contributed by atoms with Gasteiger partial charge in [0, 0.05) is 17.6 Å². The highest BCUT2D eigenvalue weighted by Gasteiger charge is 2.13. The van der Waals surface area contributed by atoms with Crippen LogP contribution in [0.1, 0.15) is 55.6 Å². The van der Waals surface area contributed by atoms with E-state index in [-0.39, 0.29) is 16.8 Å². The molecule has 2 N–H and O–H groups in total. The van der Waals surface area contributed by atoms with E-state index in [4.69, 9.17) is 16.6 Å². The Morgan fingerprint density at radius 3 is 2.32 bits per heavy atom. The fourth-order valence-corrected chi connectivity index (χ4v) is 3.62. The molecule has 6 heteroatoms. The number of hydrogen-bond acceptors (Lipinski definition) is 4. The Hall–Kier alpha value is -2.70. The normalized spacial score (nSPS) is 11.1. The van der Waals surface area contributed by atoms with Gasteiger partial charge in [0.15, 0.2) is 10.9 Å². The third kappa shape index (κ3) is 6.91. The molecule has 0 saturated carbocycles. The molecule has 164 valence electrons. The minimum Gasteiger partial charge on any atom is -0.451 e. The van der Waals surface area contributed by atoms with Gasteiger partial charge < -0.3 is 9.73 Å². The summed E-state index contributed by atoms with van der Waals surface area (Å²) >= 11 is 5.30. The standard InChI is InChI=1S/C25H31N3O2S/c1-3-5-15-28(16-6-4-2)18-19-11-13-21(14-12-19)26-25(31)27-24(29)23-17-20-9-7-8-10-22(20)30-23/h7-14,17H,3-6,15-16,18H2,1-2H3,(H2,26,27,29,31). The van der Waals surface area contributed by atoms with Crippen molar-refractivity contribution in [1.29, 1.82) is 0 Å². The largest absolute Gasteiger partial charge is 0.451 e. The molecular formula is C25H31N3O2S. The summed E-state index contributed by atoms with van der Waals surface area (Å²) in [6, 6.07) is 17.4. The number of hydrogen-bond donors (Lipinski definition) is 2. The molecule has 0 aliphatic rings. The van der Waals surface area contributed by atoms with Crippen molar-refractivity contribution < 1.29 is 9.21 Å². The van der Waals surface area contributed by atoms with E-state index in [0.29, 0.717) is 5.58 Å². The summed E-state index contributed by atoms with van der Waals surface area (Å²) in [6.45, 7) is 7.68. The maximum atomic E-state index is 12.4. The minimum absolute atomic E-state index is 0.236. The van der Waals surface area contributed by atoms with E-state index in [0.717, 1.165) is 30.7 Å². The molecule has 0 fully saturated rings. The molecule has 0 aliphatic carbocycles. The number of thiocarbonyl (C=S) groups is 1. The van der Waals surface area contributed by atoms with E-state index in [2.05, 4.69) is 41.5 Å². The van der Waals surface area contributed by atoms with Crippen molar-refractivity contribution >= 4 is 39.9 Å². The lowest BCUT2D eigenvalue weighted by Gasteiger charge is -2.22. The summed E-state index contributed by atoms with van der Waals surface area (Å²) in [5, 5.41) is 6.87. The zero-order valence-electron chi connectivity index (χ0n) is 18.3. The lowest BCUT2D eigenvalue weighted by molar-refractivity contribution is 0.0953. The summed E-state index contributed by atoms with van der Waals surface area (Å²) in [4.78, 5) is 14.9. The van der Waals surface area contributed by atoms with Crippen LogP contribution >= 0.6 is 12.2 Å². The first-order valence-corrected chi connectivity index (χ1v) is 11.4. The van der Waals surface area contributed by atoms with Crippen molar-refractivity contribution in [3.05, 3.63) is 65.9 Å². The van der Waals surface area contributed by atoms with Crippen LogP contribution in [0.4, 0.5) is 5.69 Å². The van der Waals surface area contributed by atoms with E-state index in [1.807, 2.05) is 36.4 Å². The van der Waals surface area contributed by atoms with Crippen LogP contribution in [0.5, 0.6) is 0 Å². The van der Waals surface area contributed by atoms with Gasteiger partial charge in [-0.1, -0.05) is 57.0 Å². The smallest absolute Gasteiger partial charge is 0.293 e. The summed E-state index contributed by atoms with van der Waals surface area (Å²) in [5.41, 5.74) is 2.79. The lowest BCUT2D eigenvalue weighted by atomic mass is 10.1. The molecule has 0 aliphatic heterocycles. The number of fused-ring (bicyclic) bond motifs is 1. The second kappa shape index (κ2) is 11.6. The molecule has 2 aromatic carbocycles. The Kier molecular flexibility index (Phi) is 8.62. The number of rotatable bonds is 10. The molecule has 3 rings (SSSR count). The van der Waals surface area contributed by atoms with Crippen molar-refractivity contribution in [2.75, 3.05) is 18.4 Å². The molecule has 5 nitrogen and oxygen atoms in total. The fraction of sp³-hybridized carbons (Fsp3) is 0.360. The zero-order valence-corrected chi connectivity index (χ0v) is 19.1. The molecular weight excluding hydrogens is 406 g/mol. The number of anilines is 1. The second-order valence-electron chi connectivity index (χ2n) is 7.74. The first kappa shape index (κ1) is 23.0. The maximum absolute atomic E-state index is 12.4. The van der Waals surface area contributed by atoms with Crippen LogP contribution in [0.15, 0.2) is 59.0 Å². The topological polar surface area (TPSA) is 57.5 Å². The van der Waals surface area contributed by atoms with E-state index < -0.39 is 0 Å². The second-order valence-corrected chi connectivity index (χ2v) is 8.15. The van der Waals surface area contributed by atoms with Crippen LogP contribution < -0.4 is 10.6 Å². The van der Waals surface area contributed by atoms with Crippen molar-refractivity contribution in [2.24, 2.45) is 0 Å².